The van der Waals surface area contributed by atoms with Crippen LogP contribution in [0.3, 0.4) is 0 Å². The van der Waals surface area contributed by atoms with Crippen molar-refractivity contribution in [3.8, 4) is 16.9 Å². The Morgan fingerprint density at radius 2 is 1.64 bits per heavy atom. The number of rotatable bonds is 3. The maximum absolute atomic E-state index is 10.6. The highest BCUT2D eigenvalue weighted by atomic mass is 19.4. The van der Waals surface area contributed by atoms with Crippen LogP contribution in [0.5, 0.6) is 5.75 Å². The number of nitrogen functional groups attached to an aromatic ring is 1. The third-order valence-corrected chi connectivity index (χ3v) is 6.29. The average Bonchev–Trinajstić information content (AvgIpc) is 2.99. The molecule has 2 heterocycles. The van der Waals surface area contributed by atoms with Crippen molar-refractivity contribution in [1.82, 2.24) is 4.98 Å². The van der Waals surface area contributed by atoms with Crippen molar-refractivity contribution in [2.45, 2.75) is 52.0 Å². The standard InChI is InChI=1S/C23H27BN2O3.C2HF3O2/c1-14-11-16-12-15(7-9-18(16)21(25)26-14)19-13-17(8-10-20(19)27-6)24-28-22(2,3)23(4,5)29-24;3-2(4,5)1(6)7/h7-13H,1-6H3,(H2,25,26);(H,6,7). The largest absolute Gasteiger partial charge is 0.496 e. The topological polar surface area (TPSA) is 104 Å². The summed E-state index contributed by atoms with van der Waals surface area (Å²) in [5.41, 5.74) is 9.20. The van der Waals surface area contributed by atoms with E-state index in [-0.39, 0.29) is 11.2 Å². The first-order valence-electron chi connectivity index (χ1n) is 11.1. The number of carbonyl (C=O) groups is 1. The van der Waals surface area contributed by atoms with E-state index in [1.807, 2.05) is 37.3 Å². The SMILES string of the molecule is COc1ccc(B2OC(C)(C)C(C)(C)O2)cc1-c1ccc2c(N)nc(C)cc2c1.O=C(O)C(F)(F)F. The number of nitrogens with zero attached hydrogens (tertiary/aromatic N) is 1. The van der Waals surface area contributed by atoms with E-state index in [1.165, 1.54) is 0 Å². The van der Waals surface area contributed by atoms with E-state index in [2.05, 4.69) is 44.8 Å². The van der Waals surface area contributed by atoms with Crippen LogP contribution in [-0.2, 0) is 14.1 Å². The lowest BCUT2D eigenvalue weighted by Crippen LogP contribution is -2.41. The first kappa shape index (κ1) is 27.3. The molecule has 11 heteroatoms. The van der Waals surface area contributed by atoms with Crippen molar-refractivity contribution in [3.05, 3.63) is 48.2 Å². The van der Waals surface area contributed by atoms with Gasteiger partial charge in [0.15, 0.2) is 0 Å². The van der Waals surface area contributed by atoms with E-state index in [0.29, 0.717) is 5.82 Å². The zero-order valence-corrected chi connectivity index (χ0v) is 20.9. The van der Waals surface area contributed by atoms with Crippen LogP contribution in [0.2, 0.25) is 0 Å². The van der Waals surface area contributed by atoms with Gasteiger partial charge >= 0.3 is 19.3 Å². The summed E-state index contributed by atoms with van der Waals surface area (Å²) in [5.74, 6) is -1.42. The number of halogens is 3. The Balaban J connectivity index is 0.000000454. The minimum Gasteiger partial charge on any atom is -0.496 e. The van der Waals surface area contributed by atoms with Crippen LogP contribution in [0.1, 0.15) is 33.4 Å². The van der Waals surface area contributed by atoms with Crippen LogP contribution < -0.4 is 15.9 Å². The third kappa shape index (κ3) is 5.57. The van der Waals surface area contributed by atoms with Crippen molar-refractivity contribution >= 4 is 35.1 Å². The van der Waals surface area contributed by atoms with E-state index in [9.17, 15) is 13.2 Å². The molecule has 1 aromatic heterocycles. The molecular formula is C25H28BF3N2O5. The number of nitrogens with two attached hydrogens (primary N) is 1. The van der Waals surface area contributed by atoms with E-state index < -0.39 is 19.3 Å². The number of hydrogen-bond donors (Lipinski definition) is 2. The Hall–Kier alpha value is -3.31. The van der Waals surface area contributed by atoms with E-state index in [0.717, 1.165) is 38.8 Å². The molecule has 0 unspecified atom stereocenters. The number of aryl methyl sites for hydroxylation is 1. The van der Waals surface area contributed by atoms with Crippen molar-refractivity contribution in [1.29, 1.82) is 0 Å². The van der Waals surface area contributed by atoms with Gasteiger partial charge in [-0.05, 0) is 69.2 Å². The quantitative estimate of drug-likeness (QED) is 0.497. The summed E-state index contributed by atoms with van der Waals surface area (Å²) in [6.07, 6.45) is -5.08. The zero-order valence-electron chi connectivity index (χ0n) is 20.9. The van der Waals surface area contributed by atoms with Crippen molar-refractivity contribution in [3.63, 3.8) is 0 Å². The Kier molecular flexibility index (Phi) is 7.30. The van der Waals surface area contributed by atoms with Crippen LogP contribution in [0.4, 0.5) is 19.0 Å². The number of anilines is 1. The summed E-state index contributed by atoms with van der Waals surface area (Å²) in [6.45, 7) is 10.2. The second kappa shape index (κ2) is 9.63. The first-order valence-corrected chi connectivity index (χ1v) is 11.1. The predicted octanol–water partition coefficient (Wildman–Crippen LogP) is 4.73. The Morgan fingerprint density at radius 3 is 2.17 bits per heavy atom. The molecule has 3 N–H and O–H groups in total. The summed E-state index contributed by atoms with van der Waals surface area (Å²) in [7, 11) is 1.26. The molecule has 0 spiro atoms. The molecule has 192 valence electrons. The molecule has 2 aromatic carbocycles. The number of methoxy groups -OCH3 is 1. The van der Waals surface area contributed by atoms with Crippen LogP contribution in [-0.4, -0.2) is 47.7 Å². The minimum absolute atomic E-state index is 0.386. The van der Waals surface area contributed by atoms with Crippen molar-refractivity contribution in [2.75, 3.05) is 12.8 Å². The second-order valence-corrected chi connectivity index (χ2v) is 9.44. The summed E-state index contributed by atoms with van der Waals surface area (Å²) in [4.78, 5) is 13.2. The number of aromatic nitrogens is 1. The Morgan fingerprint density at radius 1 is 1.06 bits per heavy atom. The molecule has 4 rings (SSSR count). The average molecular weight is 504 g/mol. The molecule has 1 aliphatic heterocycles. The summed E-state index contributed by atoms with van der Waals surface area (Å²) in [5, 5.41) is 9.12. The molecule has 1 fully saturated rings. The number of alkyl halides is 3. The number of hydrogen-bond acceptors (Lipinski definition) is 6. The van der Waals surface area contributed by atoms with Gasteiger partial charge in [-0.2, -0.15) is 13.2 Å². The Labute approximate surface area is 207 Å². The molecule has 3 aromatic rings. The maximum atomic E-state index is 10.6. The molecular weight excluding hydrogens is 476 g/mol. The van der Waals surface area contributed by atoms with Gasteiger partial charge in [-0.15, -0.1) is 0 Å². The Bertz CT molecular complexity index is 1280. The number of benzene rings is 2. The molecule has 1 aliphatic rings. The van der Waals surface area contributed by atoms with Gasteiger partial charge < -0.3 is 24.9 Å². The number of ether oxygens (including phenoxy) is 1. The lowest BCUT2D eigenvalue weighted by molar-refractivity contribution is -0.192. The normalized spacial score (nSPS) is 16.4. The van der Waals surface area contributed by atoms with Gasteiger partial charge in [-0.25, -0.2) is 9.78 Å². The summed E-state index contributed by atoms with van der Waals surface area (Å²) in [6, 6.07) is 14.3. The number of pyridine rings is 1. The molecule has 0 bridgehead atoms. The number of carboxylic acids is 1. The summed E-state index contributed by atoms with van der Waals surface area (Å²) >= 11 is 0. The highest BCUT2D eigenvalue weighted by Crippen LogP contribution is 2.38. The fraction of sp³-hybridized carbons (Fsp3) is 0.360. The van der Waals surface area contributed by atoms with Gasteiger partial charge in [0.2, 0.25) is 0 Å². The fourth-order valence-corrected chi connectivity index (χ4v) is 3.67. The second-order valence-electron chi connectivity index (χ2n) is 9.44. The number of carboxylic acid groups (broad SMARTS) is 1. The highest BCUT2D eigenvalue weighted by molar-refractivity contribution is 6.62. The molecule has 0 saturated carbocycles. The van der Waals surface area contributed by atoms with Crippen molar-refractivity contribution in [2.24, 2.45) is 0 Å². The summed E-state index contributed by atoms with van der Waals surface area (Å²) < 4.78 is 49.8. The van der Waals surface area contributed by atoms with Gasteiger partial charge in [-0.3, -0.25) is 0 Å². The molecule has 36 heavy (non-hydrogen) atoms. The van der Waals surface area contributed by atoms with Crippen LogP contribution in [0.25, 0.3) is 21.9 Å². The lowest BCUT2D eigenvalue weighted by atomic mass is 9.77. The fourth-order valence-electron chi connectivity index (χ4n) is 3.67. The minimum atomic E-state index is -5.08. The molecule has 0 atom stereocenters. The highest BCUT2D eigenvalue weighted by Gasteiger charge is 2.51. The van der Waals surface area contributed by atoms with Crippen LogP contribution in [0.15, 0.2) is 42.5 Å². The predicted molar refractivity (Wildman–Crippen MR) is 132 cm³/mol. The van der Waals surface area contributed by atoms with Gasteiger partial charge in [0, 0.05) is 16.6 Å². The number of fused-ring (bicyclic) bond motifs is 1. The molecule has 0 radical (unpaired) electrons. The van der Waals surface area contributed by atoms with Gasteiger partial charge in [0.05, 0.1) is 18.3 Å². The first-order chi connectivity index (χ1) is 16.6. The third-order valence-electron chi connectivity index (χ3n) is 6.29. The molecule has 0 aliphatic carbocycles. The van der Waals surface area contributed by atoms with Gasteiger partial charge in [-0.1, -0.05) is 24.3 Å². The number of aliphatic carboxylic acids is 1. The van der Waals surface area contributed by atoms with Crippen LogP contribution in [0, 0.1) is 6.92 Å². The smallest absolute Gasteiger partial charge is 0.494 e. The van der Waals surface area contributed by atoms with Crippen molar-refractivity contribution < 1.29 is 37.1 Å². The van der Waals surface area contributed by atoms with E-state index in [1.54, 1.807) is 7.11 Å². The lowest BCUT2D eigenvalue weighted by Gasteiger charge is -2.32. The van der Waals surface area contributed by atoms with Crippen LogP contribution >= 0.6 is 0 Å². The molecule has 1 saturated heterocycles. The van der Waals surface area contributed by atoms with E-state index >= 15 is 0 Å². The van der Waals surface area contributed by atoms with Gasteiger partial charge in [0.25, 0.3) is 0 Å². The van der Waals surface area contributed by atoms with E-state index in [4.69, 9.17) is 29.7 Å². The monoisotopic (exact) mass is 504 g/mol. The zero-order chi connectivity index (χ0) is 27.1. The molecule has 0 amide bonds. The maximum Gasteiger partial charge on any atom is 0.494 e. The van der Waals surface area contributed by atoms with Gasteiger partial charge in [0.1, 0.15) is 11.6 Å². The molecule has 7 nitrogen and oxygen atoms in total.